The maximum atomic E-state index is 11.5. The lowest BCUT2D eigenvalue weighted by Gasteiger charge is -2.08. The van der Waals surface area contributed by atoms with Crippen molar-refractivity contribution in [2.24, 2.45) is 0 Å². The van der Waals surface area contributed by atoms with Gasteiger partial charge in [0.05, 0.1) is 17.8 Å². The van der Waals surface area contributed by atoms with E-state index in [1.807, 2.05) is 0 Å². The minimum Gasteiger partial charge on any atom is -0.492 e. The predicted molar refractivity (Wildman–Crippen MR) is 77.4 cm³/mol. The zero-order valence-electron chi connectivity index (χ0n) is 11.0. The van der Waals surface area contributed by atoms with E-state index in [9.17, 15) is 4.79 Å². The average Bonchev–Trinajstić information content (AvgIpc) is 2.99. The number of carbonyl (C=O) groups excluding carboxylic acids is 1. The van der Waals surface area contributed by atoms with Gasteiger partial charge in [0, 0.05) is 6.42 Å². The van der Waals surface area contributed by atoms with Crippen LogP contribution in [0.2, 0.25) is 10.0 Å². The Hall–Kier alpha value is -1.79. The molecule has 2 rings (SSSR count). The number of hydrogen-bond acceptors (Lipinski definition) is 5. The normalized spacial score (nSPS) is 10.4. The van der Waals surface area contributed by atoms with Gasteiger partial charge in [-0.15, -0.1) is 0 Å². The zero-order valence-corrected chi connectivity index (χ0v) is 12.5. The molecule has 0 atom stereocenters. The Labute approximate surface area is 131 Å². The molecule has 1 N–H and O–H groups in total. The van der Waals surface area contributed by atoms with Gasteiger partial charge in [0.2, 0.25) is 0 Å². The molecule has 2 aromatic rings. The lowest BCUT2D eigenvalue weighted by Crippen LogP contribution is -2.07. The first-order valence-electron chi connectivity index (χ1n) is 6.24. The second-order valence-electron chi connectivity index (χ2n) is 4.13. The van der Waals surface area contributed by atoms with Gasteiger partial charge in [0.1, 0.15) is 23.1 Å². The third-order valence-electron chi connectivity index (χ3n) is 2.54. The molecule has 0 unspecified atom stereocenters. The van der Waals surface area contributed by atoms with E-state index in [2.05, 4.69) is 15.4 Å². The van der Waals surface area contributed by atoms with Crippen LogP contribution in [0.1, 0.15) is 18.5 Å². The van der Waals surface area contributed by atoms with Crippen molar-refractivity contribution in [1.82, 2.24) is 15.4 Å². The van der Waals surface area contributed by atoms with Crippen molar-refractivity contribution in [2.75, 3.05) is 6.61 Å². The summed E-state index contributed by atoms with van der Waals surface area (Å²) in [5, 5.41) is 10.6. The highest BCUT2D eigenvalue weighted by Crippen LogP contribution is 2.31. The van der Waals surface area contributed by atoms with Crippen LogP contribution in [0.15, 0.2) is 24.4 Å². The van der Waals surface area contributed by atoms with Gasteiger partial charge in [-0.25, -0.2) is 0 Å². The smallest absolute Gasteiger partial charge is 0.306 e. The third kappa shape index (κ3) is 4.91. The number of halogens is 2. The largest absolute Gasteiger partial charge is 0.492 e. The molecule has 0 bridgehead atoms. The zero-order chi connectivity index (χ0) is 15.1. The molecule has 0 aliphatic carbocycles. The van der Waals surface area contributed by atoms with Gasteiger partial charge in [0.25, 0.3) is 0 Å². The summed E-state index contributed by atoms with van der Waals surface area (Å²) in [6.07, 6.45) is 2.26. The predicted octanol–water partition coefficient (Wildman–Crippen LogP) is 3.01. The van der Waals surface area contributed by atoms with Crippen LogP contribution < -0.4 is 4.74 Å². The summed E-state index contributed by atoms with van der Waals surface area (Å²) in [5.74, 6) is 0.180. The minimum atomic E-state index is -0.321. The topological polar surface area (TPSA) is 77.1 Å². The van der Waals surface area contributed by atoms with Crippen LogP contribution in [0.25, 0.3) is 0 Å². The standard InChI is InChI=1S/C13H13Cl2N3O3/c14-10-3-1-4-11(13(10)15)20-6-2-5-12(19)21-8-9-7-16-18-17-9/h1,3-4,7H,2,5-6,8H2,(H,16,17,18). The Morgan fingerprint density at radius 1 is 1.33 bits per heavy atom. The number of H-pyrrole nitrogens is 1. The average molecular weight is 330 g/mol. The fraction of sp³-hybridized carbons (Fsp3) is 0.308. The maximum Gasteiger partial charge on any atom is 0.306 e. The van der Waals surface area contributed by atoms with Gasteiger partial charge in [-0.2, -0.15) is 15.4 Å². The van der Waals surface area contributed by atoms with E-state index in [1.165, 1.54) is 6.20 Å². The third-order valence-corrected chi connectivity index (χ3v) is 3.35. The fourth-order valence-corrected chi connectivity index (χ4v) is 1.86. The van der Waals surface area contributed by atoms with Crippen molar-refractivity contribution in [3.8, 4) is 5.75 Å². The second kappa shape index (κ2) is 7.85. The molecular formula is C13H13Cl2N3O3. The Morgan fingerprint density at radius 2 is 2.19 bits per heavy atom. The van der Waals surface area contributed by atoms with Gasteiger partial charge in [-0.05, 0) is 18.6 Å². The molecule has 6 nitrogen and oxygen atoms in total. The SMILES string of the molecule is O=C(CCCOc1cccc(Cl)c1Cl)OCc1cn[nH]n1. The molecule has 112 valence electrons. The van der Waals surface area contributed by atoms with Crippen molar-refractivity contribution in [1.29, 1.82) is 0 Å². The van der Waals surface area contributed by atoms with E-state index in [0.717, 1.165) is 0 Å². The van der Waals surface area contributed by atoms with Gasteiger partial charge in [0.15, 0.2) is 0 Å². The maximum absolute atomic E-state index is 11.5. The van der Waals surface area contributed by atoms with E-state index in [1.54, 1.807) is 18.2 Å². The van der Waals surface area contributed by atoms with Crippen LogP contribution in [0.5, 0.6) is 5.75 Å². The van der Waals surface area contributed by atoms with Crippen LogP contribution in [0.3, 0.4) is 0 Å². The molecule has 0 saturated heterocycles. The van der Waals surface area contributed by atoms with Crippen LogP contribution in [0, 0.1) is 0 Å². The molecule has 1 aromatic carbocycles. The lowest BCUT2D eigenvalue weighted by atomic mass is 10.3. The van der Waals surface area contributed by atoms with Crippen LogP contribution in [-0.4, -0.2) is 28.0 Å². The minimum absolute atomic E-state index is 0.107. The van der Waals surface area contributed by atoms with Crippen molar-refractivity contribution in [3.63, 3.8) is 0 Å². The van der Waals surface area contributed by atoms with Gasteiger partial charge >= 0.3 is 5.97 Å². The van der Waals surface area contributed by atoms with Gasteiger partial charge < -0.3 is 9.47 Å². The Morgan fingerprint density at radius 3 is 2.95 bits per heavy atom. The first-order valence-corrected chi connectivity index (χ1v) is 6.99. The summed E-state index contributed by atoms with van der Waals surface area (Å²) >= 11 is 11.8. The Balaban J connectivity index is 1.65. The summed E-state index contributed by atoms with van der Waals surface area (Å²) in [6, 6.07) is 5.14. The monoisotopic (exact) mass is 329 g/mol. The van der Waals surface area contributed by atoms with Gasteiger partial charge in [-0.1, -0.05) is 29.3 Å². The van der Waals surface area contributed by atoms with Crippen molar-refractivity contribution < 1.29 is 14.3 Å². The molecule has 0 aliphatic rings. The molecule has 0 radical (unpaired) electrons. The number of esters is 1. The Kier molecular flexibility index (Phi) is 5.83. The molecule has 8 heteroatoms. The molecular weight excluding hydrogens is 317 g/mol. The number of aromatic amines is 1. The lowest BCUT2D eigenvalue weighted by molar-refractivity contribution is -0.145. The van der Waals surface area contributed by atoms with Gasteiger partial charge in [-0.3, -0.25) is 4.79 Å². The molecule has 0 spiro atoms. The number of ether oxygens (including phenoxy) is 2. The Bertz CT molecular complexity index is 590. The van der Waals surface area contributed by atoms with E-state index in [-0.39, 0.29) is 19.0 Å². The first-order chi connectivity index (χ1) is 10.2. The molecule has 0 amide bonds. The summed E-state index contributed by atoms with van der Waals surface area (Å²) in [7, 11) is 0. The number of nitrogens with one attached hydrogen (secondary N) is 1. The van der Waals surface area contributed by atoms with Crippen molar-refractivity contribution in [3.05, 3.63) is 40.1 Å². The van der Waals surface area contributed by atoms with E-state index < -0.39 is 0 Å². The van der Waals surface area contributed by atoms with Crippen molar-refractivity contribution in [2.45, 2.75) is 19.4 Å². The number of carbonyl (C=O) groups is 1. The number of rotatable bonds is 7. The first kappa shape index (κ1) is 15.6. The summed E-state index contributed by atoms with van der Waals surface area (Å²) < 4.78 is 10.5. The van der Waals surface area contributed by atoms with Crippen LogP contribution in [-0.2, 0) is 16.1 Å². The highest BCUT2D eigenvalue weighted by Gasteiger charge is 2.07. The van der Waals surface area contributed by atoms with E-state index >= 15 is 0 Å². The molecule has 1 heterocycles. The number of aromatic nitrogens is 3. The number of benzene rings is 1. The highest BCUT2D eigenvalue weighted by atomic mass is 35.5. The van der Waals surface area contributed by atoms with Crippen LogP contribution >= 0.6 is 23.2 Å². The molecule has 0 fully saturated rings. The molecule has 0 aliphatic heterocycles. The van der Waals surface area contributed by atoms with E-state index in [0.29, 0.717) is 34.5 Å². The summed E-state index contributed by atoms with van der Waals surface area (Å²) in [4.78, 5) is 11.5. The number of nitrogens with zero attached hydrogens (tertiary/aromatic N) is 2. The second-order valence-corrected chi connectivity index (χ2v) is 4.91. The highest BCUT2D eigenvalue weighted by molar-refractivity contribution is 6.42. The summed E-state index contributed by atoms with van der Waals surface area (Å²) in [5.41, 5.74) is 0.574. The molecule has 0 saturated carbocycles. The fourth-order valence-electron chi connectivity index (χ4n) is 1.52. The van der Waals surface area contributed by atoms with Crippen molar-refractivity contribution >= 4 is 29.2 Å². The van der Waals surface area contributed by atoms with Crippen LogP contribution in [0.4, 0.5) is 0 Å². The summed E-state index contributed by atoms with van der Waals surface area (Å²) in [6.45, 7) is 0.454. The molecule has 21 heavy (non-hydrogen) atoms. The quantitative estimate of drug-likeness (QED) is 0.624. The molecule has 1 aromatic heterocycles. The van der Waals surface area contributed by atoms with E-state index in [4.69, 9.17) is 32.7 Å². The number of hydrogen-bond donors (Lipinski definition) is 1.